The van der Waals surface area contributed by atoms with Crippen molar-refractivity contribution < 1.29 is 24.0 Å². The molecule has 0 spiro atoms. The third kappa shape index (κ3) is 3.92. The Morgan fingerprint density at radius 1 is 1.42 bits per heavy atom. The second-order valence-electron chi connectivity index (χ2n) is 3.52. The number of nitriles is 1. The van der Waals surface area contributed by atoms with Crippen LogP contribution < -0.4 is 4.57 Å². The van der Waals surface area contributed by atoms with Gasteiger partial charge in [0.15, 0.2) is 12.4 Å². The maximum atomic E-state index is 11.4. The topological polar surface area (TPSA) is 91.3 Å². The van der Waals surface area contributed by atoms with E-state index in [2.05, 4.69) is 4.74 Å². The van der Waals surface area contributed by atoms with Crippen LogP contribution in [0, 0.1) is 11.3 Å². The first-order valence-corrected chi connectivity index (χ1v) is 5.57. The Bertz CT molecular complexity index is 531. The highest BCUT2D eigenvalue weighted by atomic mass is 16.5. The van der Waals surface area contributed by atoms with Gasteiger partial charge in [0.1, 0.15) is 11.6 Å². The summed E-state index contributed by atoms with van der Waals surface area (Å²) in [5.74, 6) is -2.00. The summed E-state index contributed by atoms with van der Waals surface area (Å²) in [5, 5.41) is 18.0. The van der Waals surface area contributed by atoms with E-state index in [0.717, 1.165) is 6.08 Å². The second kappa shape index (κ2) is 6.91. The summed E-state index contributed by atoms with van der Waals surface area (Å²) in [6, 6.07) is 5.55. The van der Waals surface area contributed by atoms with Crippen molar-refractivity contribution in [3.05, 3.63) is 42.2 Å². The largest absolute Gasteiger partial charge is 0.476 e. The minimum Gasteiger partial charge on any atom is -0.476 e. The molecule has 1 aromatic heterocycles. The predicted octanol–water partition coefficient (Wildman–Crippen LogP) is 0.613. The van der Waals surface area contributed by atoms with Crippen molar-refractivity contribution >= 4 is 11.9 Å². The standard InChI is InChI=1S/C13H12N2O4/c1-2-19-13(18)10(9-14)8-11(12(16)17)15-6-4-3-5-7-15/h3-8,11H,2H2,1H3/p+1. The van der Waals surface area contributed by atoms with Gasteiger partial charge < -0.3 is 9.84 Å². The Labute approximate surface area is 110 Å². The molecule has 19 heavy (non-hydrogen) atoms. The SMILES string of the molecule is CCOC(=O)C(C#N)=CC(C(=O)O)[n+]1ccccc1. The Morgan fingerprint density at radius 3 is 2.53 bits per heavy atom. The third-order valence-electron chi connectivity index (χ3n) is 2.25. The first kappa shape index (κ1) is 14.4. The zero-order chi connectivity index (χ0) is 14.3. The molecule has 1 rings (SSSR count). The molecule has 1 unspecified atom stereocenters. The average molecular weight is 261 g/mol. The number of rotatable bonds is 5. The fourth-order valence-corrected chi connectivity index (χ4v) is 1.40. The Kier molecular flexibility index (Phi) is 5.23. The molecule has 6 heteroatoms. The van der Waals surface area contributed by atoms with Crippen LogP contribution in [-0.2, 0) is 14.3 Å². The summed E-state index contributed by atoms with van der Waals surface area (Å²) in [7, 11) is 0. The van der Waals surface area contributed by atoms with Crippen LogP contribution in [0.25, 0.3) is 0 Å². The third-order valence-corrected chi connectivity index (χ3v) is 2.25. The van der Waals surface area contributed by atoms with Crippen LogP contribution in [0.1, 0.15) is 13.0 Å². The lowest BCUT2D eigenvalue weighted by molar-refractivity contribution is -0.700. The summed E-state index contributed by atoms with van der Waals surface area (Å²) >= 11 is 0. The molecule has 0 saturated carbocycles. The van der Waals surface area contributed by atoms with Crippen LogP contribution in [-0.4, -0.2) is 23.7 Å². The van der Waals surface area contributed by atoms with Crippen LogP contribution in [0.2, 0.25) is 0 Å². The summed E-state index contributed by atoms with van der Waals surface area (Å²) in [4.78, 5) is 22.7. The van der Waals surface area contributed by atoms with Gasteiger partial charge in [-0.25, -0.2) is 9.59 Å². The van der Waals surface area contributed by atoms with E-state index in [1.54, 1.807) is 31.2 Å². The quantitative estimate of drug-likeness (QED) is 0.363. The maximum absolute atomic E-state index is 11.4. The fourth-order valence-electron chi connectivity index (χ4n) is 1.40. The number of carbonyl (C=O) groups excluding carboxylic acids is 1. The van der Waals surface area contributed by atoms with Crippen molar-refractivity contribution in [2.24, 2.45) is 0 Å². The van der Waals surface area contributed by atoms with Crippen LogP contribution in [0.4, 0.5) is 0 Å². The number of ether oxygens (including phenoxy) is 1. The van der Waals surface area contributed by atoms with Crippen LogP contribution in [0.5, 0.6) is 0 Å². The minimum atomic E-state index is -1.17. The maximum Gasteiger partial charge on any atom is 0.377 e. The van der Waals surface area contributed by atoms with Crippen molar-refractivity contribution in [1.82, 2.24) is 0 Å². The highest BCUT2D eigenvalue weighted by Gasteiger charge is 2.27. The number of carbonyl (C=O) groups is 2. The number of hydrogen-bond acceptors (Lipinski definition) is 4. The highest BCUT2D eigenvalue weighted by molar-refractivity contribution is 5.93. The normalized spacial score (nSPS) is 12.3. The number of aromatic nitrogens is 1. The van der Waals surface area contributed by atoms with E-state index in [0.29, 0.717) is 0 Å². The average Bonchev–Trinajstić information content (AvgIpc) is 2.40. The van der Waals surface area contributed by atoms with Gasteiger partial charge in [0.2, 0.25) is 0 Å². The van der Waals surface area contributed by atoms with Crippen molar-refractivity contribution in [3.8, 4) is 6.07 Å². The highest BCUT2D eigenvalue weighted by Crippen LogP contribution is 2.06. The molecule has 1 N–H and O–H groups in total. The number of esters is 1. The number of carboxylic acid groups (broad SMARTS) is 1. The number of carboxylic acids is 1. The Hall–Kier alpha value is -2.68. The smallest absolute Gasteiger partial charge is 0.377 e. The lowest BCUT2D eigenvalue weighted by Crippen LogP contribution is -2.42. The van der Waals surface area contributed by atoms with Crippen LogP contribution in [0.15, 0.2) is 42.2 Å². The van der Waals surface area contributed by atoms with Gasteiger partial charge in [-0.3, -0.25) is 0 Å². The number of aliphatic carboxylic acids is 1. The molecule has 6 nitrogen and oxygen atoms in total. The Balaban J connectivity index is 3.11. The zero-order valence-corrected chi connectivity index (χ0v) is 10.3. The molecular weight excluding hydrogens is 248 g/mol. The van der Waals surface area contributed by atoms with E-state index in [9.17, 15) is 9.59 Å². The van der Waals surface area contributed by atoms with Gasteiger partial charge in [-0.2, -0.15) is 9.83 Å². The van der Waals surface area contributed by atoms with E-state index in [-0.39, 0.29) is 12.2 Å². The van der Waals surface area contributed by atoms with Gasteiger partial charge in [-0.05, 0) is 6.92 Å². The molecule has 98 valence electrons. The molecule has 0 amide bonds. The first-order chi connectivity index (χ1) is 9.10. The van der Waals surface area contributed by atoms with Gasteiger partial charge >= 0.3 is 11.9 Å². The summed E-state index contributed by atoms with van der Waals surface area (Å²) < 4.78 is 6.05. The number of pyridine rings is 1. The number of hydrogen-bond donors (Lipinski definition) is 1. The molecular formula is C13H13N2O4+. The molecule has 1 heterocycles. The van der Waals surface area contributed by atoms with Crippen molar-refractivity contribution in [3.63, 3.8) is 0 Å². The van der Waals surface area contributed by atoms with Gasteiger partial charge in [-0.15, -0.1) is 0 Å². The van der Waals surface area contributed by atoms with Crippen LogP contribution in [0.3, 0.4) is 0 Å². The molecule has 1 aromatic rings. The van der Waals surface area contributed by atoms with E-state index in [4.69, 9.17) is 10.4 Å². The molecule has 0 radical (unpaired) electrons. The summed E-state index contributed by atoms with van der Waals surface area (Å²) in [5.41, 5.74) is -0.328. The zero-order valence-electron chi connectivity index (χ0n) is 10.3. The van der Waals surface area contributed by atoms with Crippen molar-refractivity contribution in [2.75, 3.05) is 6.61 Å². The monoisotopic (exact) mass is 261 g/mol. The number of nitrogens with zero attached hydrogens (tertiary/aromatic N) is 2. The van der Waals surface area contributed by atoms with E-state index < -0.39 is 18.0 Å². The lowest BCUT2D eigenvalue weighted by Gasteiger charge is -2.04. The van der Waals surface area contributed by atoms with Gasteiger partial charge in [0.05, 0.1) is 6.61 Å². The molecule has 0 aliphatic carbocycles. The minimum absolute atomic E-state index is 0.119. The first-order valence-electron chi connectivity index (χ1n) is 5.57. The lowest BCUT2D eigenvalue weighted by atomic mass is 10.1. The molecule has 0 saturated heterocycles. The summed E-state index contributed by atoms with van der Waals surface area (Å²) in [6.45, 7) is 1.72. The molecule has 0 aromatic carbocycles. The van der Waals surface area contributed by atoms with Crippen molar-refractivity contribution in [2.45, 2.75) is 13.0 Å². The Morgan fingerprint density at radius 2 is 2.05 bits per heavy atom. The van der Waals surface area contributed by atoms with Crippen molar-refractivity contribution in [1.29, 1.82) is 5.26 Å². The fraction of sp³-hybridized carbons (Fsp3) is 0.231. The van der Waals surface area contributed by atoms with Crippen LogP contribution >= 0.6 is 0 Å². The molecule has 0 aliphatic rings. The van der Waals surface area contributed by atoms with Gasteiger partial charge in [-0.1, -0.05) is 6.07 Å². The van der Waals surface area contributed by atoms with E-state index in [1.807, 2.05) is 0 Å². The van der Waals surface area contributed by atoms with E-state index in [1.165, 1.54) is 17.0 Å². The van der Waals surface area contributed by atoms with E-state index >= 15 is 0 Å². The molecule has 0 aliphatic heterocycles. The second-order valence-corrected chi connectivity index (χ2v) is 3.52. The summed E-state index contributed by atoms with van der Waals surface area (Å²) in [6.07, 6.45) is 4.14. The van der Waals surface area contributed by atoms with Gasteiger partial charge in [0, 0.05) is 18.2 Å². The predicted molar refractivity (Wildman–Crippen MR) is 63.6 cm³/mol. The molecule has 1 atom stereocenters. The molecule has 0 fully saturated rings. The molecule has 0 bridgehead atoms. The van der Waals surface area contributed by atoms with Gasteiger partial charge in [0.25, 0.3) is 6.04 Å².